The maximum atomic E-state index is 13.9. The topological polar surface area (TPSA) is 147 Å². The Hall–Kier alpha value is -3.98. The molecule has 0 unspecified atom stereocenters. The van der Waals surface area contributed by atoms with E-state index in [0.29, 0.717) is 49.5 Å². The van der Waals surface area contributed by atoms with Gasteiger partial charge in [-0.3, -0.25) is 9.59 Å². The molecule has 0 radical (unpaired) electrons. The van der Waals surface area contributed by atoms with E-state index in [1.807, 2.05) is 58.3 Å². The van der Waals surface area contributed by atoms with Crippen LogP contribution in [0.5, 0.6) is 11.5 Å². The first kappa shape index (κ1) is 39.7. The lowest BCUT2D eigenvalue weighted by Crippen LogP contribution is -2.50. The Kier molecular flexibility index (Phi) is 13.0. The van der Waals surface area contributed by atoms with Crippen LogP contribution in [0.15, 0.2) is 60.9 Å². The lowest BCUT2D eigenvalue weighted by Gasteiger charge is -2.38. The van der Waals surface area contributed by atoms with Crippen molar-refractivity contribution in [2.24, 2.45) is 23.3 Å². The fraction of sp³-hybridized carbons (Fsp3) is 0.500. The van der Waals surface area contributed by atoms with Gasteiger partial charge in [-0.15, -0.1) is 0 Å². The molecule has 4 N–H and O–H groups in total. The van der Waals surface area contributed by atoms with Crippen molar-refractivity contribution in [3.8, 4) is 34.0 Å². The smallest absolute Gasteiger partial charge is 0.241 e. The van der Waals surface area contributed by atoms with Gasteiger partial charge in [-0.05, 0) is 48.9 Å². The van der Waals surface area contributed by atoms with Gasteiger partial charge in [0, 0.05) is 61.2 Å². The van der Waals surface area contributed by atoms with E-state index in [-0.39, 0.29) is 23.9 Å². The standard InChI is InChI=1S/C40H54N8O4S2/c1-25(2)19-33-37-43-31(27-11-7-9-13-35(27)51-5)21-45(37)15-17-47(33)39(49)29(41)23-53-54-24-30(42)40(50)48-18-16-46-22-32(28-12-8-10-14-36(28)52-6)44-38(46)34(48)20-26(3)4/h7-14,21-22,25-26,29-30,33-34H,15-20,23-24,41-42H2,1-6H3/t29-,30-,33+,34+/m1/s1. The molecule has 2 aliphatic rings. The van der Waals surface area contributed by atoms with Crippen LogP contribution in [0.4, 0.5) is 0 Å². The number of hydrogen-bond acceptors (Lipinski definition) is 10. The molecule has 0 aliphatic carbocycles. The third kappa shape index (κ3) is 8.61. The number of nitrogens with two attached hydrogens (primary N) is 2. The number of amides is 2. The first-order valence-corrected chi connectivity index (χ1v) is 21.3. The molecule has 0 saturated carbocycles. The molecule has 2 aromatic carbocycles. The lowest BCUT2D eigenvalue weighted by molar-refractivity contribution is -0.137. The number of nitrogens with zero attached hydrogens (tertiary/aromatic N) is 6. The largest absolute Gasteiger partial charge is 0.496 e. The summed E-state index contributed by atoms with van der Waals surface area (Å²) in [6.07, 6.45) is 5.66. The van der Waals surface area contributed by atoms with E-state index in [0.717, 1.165) is 58.5 Å². The van der Waals surface area contributed by atoms with Crippen LogP contribution >= 0.6 is 21.6 Å². The van der Waals surface area contributed by atoms with Crippen molar-refractivity contribution in [1.29, 1.82) is 0 Å². The molecule has 4 atom stereocenters. The highest BCUT2D eigenvalue weighted by Gasteiger charge is 2.37. The summed E-state index contributed by atoms with van der Waals surface area (Å²) < 4.78 is 15.5. The Morgan fingerprint density at radius 1 is 0.685 bits per heavy atom. The van der Waals surface area contributed by atoms with Crippen molar-refractivity contribution in [3.05, 3.63) is 72.6 Å². The number of hydrogen-bond donors (Lipinski definition) is 2. The number of aromatic nitrogens is 4. The number of ether oxygens (including phenoxy) is 2. The Morgan fingerprint density at radius 3 is 1.44 bits per heavy atom. The van der Waals surface area contributed by atoms with Gasteiger partial charge in [0.05, 0.1) is 49.8 Å². The molecular weight excluding hydrogens is 721 g/mol. The summed E-state index contributed by atoms with van der Waals surface area (Å²) in [5.74, 6) is 4.58. The monoisotopic (exact) mass is 774 g/mol. The number of methoxy groups -OCH3 is 2. The number of fused-ring (bicyclic) bond motifs is 2. The van der Waals surface area contributed by atoms with Crippen LogP contribution in [0.3, 0.4) is 0 Å². The normalized spacial score (nSPS) is 18.0. The summed E-state index contributed by atoms with van der Waals surface area (Å²) in [5.41, 5.74) is 16.6. The zero-order chi connectivity index (χ0) is 38.5. The van der Waals surface area contributed by atoms with Crippen LogP contribution in [0.1, 0.15) is 64.3 Å². The fourth-order valence-electron chi connectivity index (χ4n) is 7.44. The van der Waals surface area contributed by atoms with Crippen molar-refractivity contribution in [2.75, 3.05) is 38.8 Å². The Bertz CT molecular complexity index is 1780. The van der Waals surface area contributed by atoms with Crippen LogP contribution < -0.4 is 20.9 Å². The predicted octanol–water partition coefficient (Wildman–Crippen LogP) is 6.03. The molecular formula is C40H54N8O4S2. The molecule has 0 fully saturated rings. The molecule has 2 aliphatic heterocycles. The van der Waals surface area contributed by atoms with Crippen molar-refractivity contribution in [2.45, 2.75) is 77.8 Å². The molecule has 2 amide bonds. The fourth-order valence-corrected chi connectivity index (χ4v) is 9.67. The average molecular weight is 775 g/mol. The first-order chi connectivity index (χ1) is 26.0. The van der Waals surface area contributed by atoms with Crippen LogP contribution in [0.25, 0.3) is 22.5 Å². The summed E-state index contributed by atoms with van der Waals surface area (Å²) >= 11 is 0. The van der Waals surface area contributed by atoms with E-state index in [9.17, 15) is 9.59 Å². The second-order valence-corrected chi connectivity index (χ2v) is 17.4. The number of carbonyl (C=O) groups excluding carboxylic acids is 2. The highest BCUT2D eigenvalue weighted by atomic mass is 33.1. The first-order valence-electron chi connectivity index (χ1n) is 18.8. The molecule has 6 rings (SSSR count). The van der Waals surface area contributed by atoms with E-state index < -0.39 is 12.1 Å². The van der Waals surface area contributed by atoms with Crippen molar-refractivity contribution >= 4 is 33.4 Å². The minimum absolute atomic E-state index is 0.0879. The lowest BCUT2D eigenvalue weighted by atomic mass is 9.99. The maximum absolute atomic E-state index is 13.9. The summed E-state index contributed by atoms with van der Waals surface area (Å²) in [7, 11) is 6.29. The molecule has 4 aromatic rings. The molecule has 14 heteroatoms. The molecule has 0 saturated heterocycles. The van der Waals surface area contributed by atoms with Gasteiger partial charge in [0.1, 0.15) is 23.1 Å². The minimum atomic E-state index is -0.701. The molecule has 2 aromatic heterocycles. The van der Waals surface area contributed by atoms with E-state index >= 15 is 0 Å². The quantitative estimate of drug-likeness (QED) is 0.109. The Morgan fingerprint density at radius 2 is 1.07 bits per heavy atom. The molecule has 4 heterocycles. The average Bonchev–Trinajstić information content (AvgIpc) is 3.81. The maximum Gasteiger partial charge on any atom is 0.241 e. The minimum Gasteiger partial charge on any atom is -0.496 e. The molecule has 0 spiro atoms. The third-order valence-electron chi connectivity index (χ3n) is 10.1. The van der Waals surface area contributed by atoms with Gasteiger partial charge < -0.3 is 39.9 Å². The Balaban J connectivity index is 1.06. The van der Waals surface area contributed by atoms with Gasteiger partial charge in [-0.25, -0.2) is 9.97 Å². The van der Waals surface area contributed by atoms with Crippen LogP contribution in [-0.2, 0) is 22.7 Å². The summed E-state index contributed by atoms with van der Waals surface area (Å²) in [6.45, 7) is 11.0. The second-order valence-electron chi connectivity index (χ2n) is 14.9. The number of para-hydroxylation sites is 2. The van der Waals surface area contributed by atoms with Gasteiger partial charge in [-0.2, -0.15) is 0 Å². The zero-order valence-electron chi connectivity index (χ0n) is 32.2. The van der Waals surface area contributed by atoms with Crippen molar-refractivity contribution in [3.63, 3.8) is 0 Å². The molecule has 54 heavy (non-hydrogen) atoms. The molecule has 12 nitrogen and oxygen atoms in total. The number of imidazole rings is 2. The van der Waals surface area contributed by atoms with Gasteiger partial charge in [0.15, 0.2) is 0 Å². The number of rotatable bonds is 15. The Labute approximate surface area is 326 Å². The summed E-state index contributed by atoms with van der Waals surface area (Å²) in [6, 6.07) is 13.9. The molecule has 0 bridgehead atoms. The predicted molar refractivity (Wildman–Crippen MR) is 217 cm³/mol. The van der Waals surface area contributed by atoms with Crippen LogP contribution in [-0.4, -0.2) is 91.6 Å². The SMILES string of the molecule is COc1ccccc1-c1cn2c(n1)[C@H](CC(C)C)N(C(=O)[C@H](N)CSSC[C@@H](N)C(=O)N1CCn3cc(-c4ccccc4OC)nc3[C@@H]1CC(C)C)CC2. The number of carbonyl (C=O) groups is 2. The third-order valence-corrected chi connectivity index (χ3v) is 12.5. The van der Waals surface area contributed by atoms with E-state index in [1.54, 1.807) is 14.2 Å². The van der Waals surface area contributed by atoms with Gasteiger partial charge in [0.2, 0.25) is 11.8 Å². The van der Waals surface area contributed by atoms with Crippen molar-refractivity contribution < 1.29 is 19.1 Å². The number of benzene rings is 2. The highest BCUT2D eigenvalue weighted by Crippen LogP contribution is 2.38. The van der Waals surface area contributed by atoms with E-state index in [2.05, 4.69) is 49.2 Å². The van der Waals surface area contributed by atoms with Crippen molar-refractivity contribution in [1.82, 2.24) is 28.9 Å². The summed E-state index contributed by atoms with van der Waals surface area (Å²) in [4.78, 5) is 41.7. The van der Waals surface area contributed by atoms with E-state index in [1.165, 1.54) is 21.6 Å². The van der Waals surface area contributed by atoms with Crippen LogP contribution in [0, 0.1) is 11.8 Å². The van der Waals surface area contributed by atoms with E-state index in [4.69, 9.17) is 30.9 Å². The van der Waals surface area contributed by atoms with Gasteiger partial charge >= 0.3 is 0 Å². The van der Waals surface area contributed by atoms with Gasteiger partial charge in [-0.1, -0.05) is 73.5 Å². The highest BCUT2D eigenvalue weighted by molar-refractivity contribution is 8.76. The summed E-state index contributed by atoms with van der Waals surface area (Å²) in [5, 5.41) is 0. The molecule has 290 valence electrons. The van der Waals surface area contributed by atoms with Crippen LogP contribution in [0.2, 0.25) is 0 Å². The second kappa shape index (κ2) is 17.7. The van der Waals surface area contributed by atoms with Gasteiger partial charge in [0.25, 0.3) is 0 Å². The zero-order valence-corrected chi connectivity index (χ0v) is 33.8.